The van der Waals surface area contributed by atoms with Crippen LogP contribution in [-0.2, 0) is 0 Å². The molecule has 0 fully saturated rings. The van der Waals surface area contributed by atoms with Gasteiger partial charge in [0.2, 0.25) is 0 Å². The molecule has 0 aliphatic rings. The fourth-order valence-corrected chi connectivity index (χ4v) is 2.67. The molecule has 0 aliphatic carbocycles. The highest BCUT2D eigenvalue weighted by Gasteiger charge is 2.15. The molecule has 0 saturated heterocycles. The molecule has 106 valence electrons. The first kappa shape index (κ1) is 13.6. The van der Waals surface area contributed by atoms with Gasteiger partial charge >= 0.3 is 0 Å². The lowest BCUT2D eigenvalue weighted by atomic mass is 10.2. The number of nitrogens with one attached hydrogen (secondary N) is 2. The van der Waals surface area contributed by atoms with Crippen LogP contribution in [0, 0.1) is 11.2 Å². The van der Waals surface area contributed by atoms with E-state index in [0.29, 0.717) is 21.3 Å². The Morgan fingerprint density at radius 1 is 1.29 bits per heavy atom. The third-order valence-corrected chi connectivity index (χ3v) is 3.86. The zero-order chi connectivity index (χ0) is 15.0. The molecule has 0 amide bonds. The number of hydrogen-bond acceptors (Lipinski definition) is 2. The molecule has 4 nitrogen and oxygen atoms in total. The largest absolute Gasteiger partial charge is 0.453 e. The topological polar surface area (TPSA) is 74.9 Å². The predicted molar refractivity (Wildman–Crippen MR) is 83.5 cm³/mol. The van der Waals surface area contributed by atoms with E-state index in [1.165, 1.54) is 6.07 Å². The van der Waals surface area contributed by atoms with Gasteiger partial charge in [-0.25, -0.2) is 4.39 Å². The van der Waals surface area contributed by atoms with Crippen molar-refractivity contribution in [3.8, 4) is 11.5 Å². The summed E-state index contributed by atoms with van der Waals surface area (Å²) in [6.45, 7) is 0. The van der Waals surface area contributed by atoms with Crippen LogP contribution in [0.1, 0.15) is 5.56 Å². The van der Waals surface area contributed by atoms with Crippen molar-refractivity contribution in [3.63, 3.8) is 0 Å². The maximum absolute atomic E-state index is 14.2. The zero-order valence-electron chi connectivity index (χ0n) is 10.8. The maximum atomic E-state index is 14.2. The first-order valence-corrected chi connectivity index (χ1v) is 6.93. The van der Waals surface area contributed by atoms with Crippen LogP contribution < -0.4 is 10.5 Å². The van der Waals surface area contributed by atoms with Crippen LogP contribution in [-0.4, -0.2) is 10.8 Å². The number of halogens is 2. The SMILES string of the molecule is N=C(N)c1cccc(Oc2c(F)cc3[nH]ccc3c2Br)c1. The minimum Gasteiger partial charge on any atom is -0.453 e. The molecular weight excluding hydrogens is 337 g/mol. The van der Waals surface area contributed by atoms with Crippen LogP contribution in [0.3, 0.4) is 0 Å². The molecule has 1 heterocycles. The van der Waals surface area contributed by atoms with Crippen molar-refractivity contribution in [1.29, 1.82) is 5.41 Å². The molecule has 6 heteroatoms. The summed E-state index contributed by atoms with van der Waals surface area (Å²) in [5.41, 5.74) is 6.64. The molecule has 3 rings (SSSR count). The number of nitrogens with two attached hydrogens (primary N) is 1. The van der Waals surface area contributed by atoms with Gasteiger partial charge in [-0.2, -0.15) is 0 Å². The Kier molecular flexibility index (Phi) is 3.39. The molecule has 0 radical (unpaired) electrons. The molecule has 0 spiro atoms. The molecule has 3 aromatic rings. The van der Waals surface area contributed by atoms with Crippen molar-refractivity contribution in [3.05, 3.63) is 58.4 Å². The van der Waals surface area contributed by atoms with Crippen molar-refractivity contribution in [2.45, 2.75) is 0 Å². The predicted octanol–water partition coefficient (Wildman–Crippen LogP) is 4.15. The number of hydrogen-bond donors (Lipinski definition) is 3. The van der Waals surface area contributed by atoms with Crippen molar-refractivity contribution in [2.24, 2.45) is 5.73 Å². The second kappa shape index (κ2) is 5.21. The Balaban J connectivity index is 2.05. The number of aromatic amines is 1. The third kappa shape index (κ3) is 2.50. The van der Waals surface area contributed by atoms with E-state index in [2.05, 4.69) is 20.9 Å². The van der Waals surface area contributed by atoms with Gasteiger partial charge in [0.1, 0.15) is 11.6 Å². The zero-order valence-corrected chi connectivity index (χ0v) is 12.4. The van der Waals surface area contributed by atoms with Gasteiger partial charge in [-0.15, -0.1) is 0 Å². The summed E-state index contributed by atoms with van der Waals surface area (Å²) in [7, 11) is 0. The van der Waals surface area contributed by atoms with Crippen LogP contribution in [0.25, 0.3) is 10.9 Å². The lowest BCUT2D eigenvalue weighted by molar-refractivity contribution is 0.440. The van der Waals surface area contributed by atoms with Gasteiger partial charge in [-0.05, 0) is 34.1 Å². The van der Waals surface area contributed by atoms with E-state index in [0.717, 1.165) is 5.39 Å². The van der Waals surface area contributed by atoms with E-state index < -0.39 is 5.82 Å². The summed E-state index contributed by atoms with van der Waals surface area (Å²) < 4.78 is 20.3. The van der Waals surface area contributed by atoms with Crippen molar-refractivity contribution >= 4 is 32.7 Å². The summed E-state index contributed by atoms with van der Waals surface area (Å²) in [5.74, 6) is -0.0360. The average molecular weight is 348 g/mol. The highest BCUT2D eigenvalue weighted by molar-refractivity contribution is 9.10. The Morgan fingerprint density at radius 3 is 2.86 bits per heavy atom. The van der Waals surface area contributed by atoms with Crippen molar-refractivity contribution in [1.82, 2.24) is 4.98 Å². The van der Waals surface area contributed by atoms with Gasteiger partial charge < -0.3 is 15.5 Å². The molecule has 0 aliphatic heterocycles. The van der Waals surface area contributed by atoms with Gasteiger partial charge in [0.05, 0.1) is 4.47 Å². The second-order valence-electron chi connectivity index (χ2n) is 4.48. The molecule has 2 aromatic carbocycles. The monoisotopic (exact) mass is 347 g/mol. The fourth-order valence-electron chi connectivity index (χ4n) is 2.05. The Morgan fingerprint density at radius 2 is 2.10 bits per heavy atom. The summed E-state index contributed by atoms with van der Waals surface area (Å²) in [6.07, 6.45) is 1.73. The summed E-state index contributed by atoms with van der Waals surface area (Å²) in [6, 6.07) is 9.87. The van der Waals surface area contributed by atoms with E-state index in [1.54, 1.807) is 30.5 Å². The lowest BCUT2D eigenvalue weighted by Crippen LogP contribution is -2.10. The maximum Gasteiger partial charge on any atom is 0.177 e. The summed E-state index contributed by atoms with van der Waals surface area (Å²) in [4.78, 5) is 2.95. The molecule has 0 bridgehead atoms. The standard InChI is InChI=1S/C15H11BrFN3O/c16-13-10-4-5-20-12(10)7-11(17)14(13)21-9-3-1-2-8(6-9)15(18)19/h1-7,20H,(H3,18,19). The van der Waals surface area contributed by atoms with Gasteiger partial charge in [0.15, 0.2) is 11.6 Å². The first-order valence-electron chi connectivity index (χ1n) is 6.13. The Bertz CT molecular complexity index is 844. The van der Waals surface area contributed by atoms with Gasteiger partial charge in [-0.1, -0.05) is 12.1 Å². The first-order chi connectivity index (χ1) is 10.1. The number of H-pyrrole nitrogens is 1. The quantitative estimate of drug-likeness (QED) is 0.491. The molecule has 21 heavy (non-hydrogen) atoms. The smallest absolute Gasteiger partial charge is 0.177 e. The molecule has 0 saturated carbocycles. The Labute approximate surface area is 128 Å². The van der Waals surface area contributed by atoms with Crippen LogP contribution >= 0.6 is 15.9 Å². The van der Waals surface area contributed by atoms with E-state index in [9.17, 15) is 4.39 Å². The molecule has 1 aromatic heterocycles. The third-order valence-electron chi connectivity index (χ3n) is 3.07. The molecular formula is C15H11BrFN3O. The number of benzene rings is 2. The van der Waals surface area contributed by atoms with E-state index in [1.807, 2.05) is 6.07 Å². The van der Waals surface area contributed by atoms with Gasteiger partial charge in [0.25, 0.3) is 0 Å². The van der Waals surface area contributed by atoms with Crippen molar-refractivity contribution < 1.29 is 9.13 Å². The highest BCUT2D eigenvalue weighted by atomic mass is 79.9. The number of nitrogen functional groups attached to an aromatic ring is 1. The van der Waals surface area contributed by atoms with Gasteiger partial charge in [-0.3, -0.25) is 5.41 Å². The van der Waals surface area contributed by atoms with Crippen LogP contribution in [0.4, 0.5) is 4.39 Å². The Hall–Kier alpha value is -2.34. The lowest BCUT2D eigenvalue weighted by Gasteiger charge is -2.10. The van der Waals surface area contributed by atoms with E-state index >= 15 is 0 Å². The minimum atomic E-state index is -0.481. The number of fused-ring (bicyclic) bond motifs is 1. The molecule has 0 unspecified atom stereocenters. The molecule has 0 atom stereocenters. The number of amidine groups is 1. The van der Waals surface area contributed by atoms with Crippen LogP contribution in [0.2, 0.25) is 0 Å². The number of rotatable bonds is 3. The van der Waals surface area contributed by atoms with Crippen LogP contribution in [0.15, 0.2) is 47.1 Å². The second-order valence-corrected chi connectivity index (χ2v) is 5.28. The number of ether oxygens (including phenoxy) is 1. The normalized spacial score (nSPS) is 10.8. The number of aromatic nitrogens is 1. The van der Waals surface area contributed by atoms with Crippen LogP contribution in [0.5, 0.6) is 11.5 Å². The summed E-state index contributed by atoms with van der Waals surface area (Å²) in [5, 5.41) is 8.25. The molecule has 4 N–H and O–H groups in total. The van der Waals surface area contributed by atoms with E-state index in [4.69, 9.17) is 15.9 Å². The minimum absolute atomic E-state index is 0.0684. The fraction of sp³-hybridized carbons (Fsp3) is 0. The average Bonchev–Trinajstić information content (AvgIpc) is 2.92. The highest BCUT2D eigenvalue weighted by Crippen LogP contribution is 2.38. The van der Waals surface area contributed by atoms with Crippen molar-refractivity contribution in [2.75, 3.05) is 0 Å². The summed E-state index contributed by atoms with van der Waals surface area (Å²) >= 11 is 3.36. The van der Waals surface area contributed by atoms with E-state index in [-0.39, 0.29) is 11.6 Å². The van der Waals surface area contributed by atoms with Gasteiger partial charge in [0, 0.05) is 28.7 Å².